The van der Waals surface area contributed by atoms with Gasteiger partial charge < -0.3 is 14.8 Å². The largest absolute Gasteiger partial charge is 0.465 e. The van der Waals surface area contributed by atoms with Gasteiger partial charge in [-0.2, -0.15) is 34.3 Å². The third-order valence-electron chi connectivity index (χ3n) is 7.02. The zero-order valence-electron chi connectivity index (χ0n) is 20.6. The molecule has 0 aliphatic heterocycles. The predicted molar refractivity (Wildman–Crippen MR) is 131 cm³/mol. The maximum absolute atomic E-state index is 14.2. The first-order chi connectivity index (χ1) is 17.8. The fourth-order valence-electron chi connectivity index (χ4n) is 5.43. The van der Waals surface area contributed by atoms with Crippen molar-refractivity contribution < 1.29 is 18.3 Å². The molecular formula is C26H25F2N7O2. The normalized spacial score (nSPS) is 22.2. The second kappa shape index (κ2) is 9.32. The third-order valence-corrected chi connectivity index (χ3v) is 7.02. The number of halogens is 2. The highest BCUT2D eigenvalue weighted by atomic mass is 19.3. The Bertz CT molecular complexity index is 1460. The minimum absolute atomic E-state index is 0.00294. The number of alkyl halides is 2. The van der Waals surface area contributed by atoms with Crippen molar-refractivity contribution in [3.8, 4) is 29.8 Å². The quantitative estimate of drug-likeness (QED) is 0.389. The van der Waals surface area contributed by atoms with Gasteiger partial charge in [0.15, 0.2) is 11.2 Å². The van der Waals surface area contributed by atoms with E-state index in [-0.39, 0.29) is 47.1 Å². The van der Waals surface area contributed by atoms with Gasteiger partial charge in [-0.1, -0.05) is 0 Å². The second-order valence-corrected chi connectivity index (χ2v) is 9.56. The minimum Gasteiger partial charge on any atom is -0.465 e. The number of fused-ring (bicyclic) bond motifs is 2. The standard InChI is InChI=1S/C26H25F2N7O2/c1-4-36-25-33-21-19(35(25)23(27)28)22(37-20-14(2)8-16(6-5-7-29)9-15(20)3)34-24(32-21)31-18-12-26(13-30)10-17(18)11-26/h5-6,8-9,17-18,23H,4,10-12H2,1-3H3,(H,31,32,34)/b6-5+. The summed E-state index contributed by atoms with van der Waals surface area (Å²) in [5.74, 6) is 0.892. The minimum atomic E-state index is -2.96. The molecule has 2 heterocycles. The molecule has 0 spiro atoms. The van der Waals surface area contributed by atoms with E-state index in [4.69, 9.17) is 14.7 Å². The van der Waals surface area contributed by atoms with Crippen LogP contribution < -0.4 is 14.8 Å². The Morgan fingerprint density at radius 3 is 2.51 bits per heavy atom. The third kappa shape index (κ3) is 4.31. The van der Waals surface area contributed by atoms with E-state index >= 15 is 0 Å². The molecule has 1 N–H and O–H groups in total. The van der Waals surface area contributed by atoms with Crippen LogP contribution in [0.15, 0.2) is 18.2 Å². The van der Waals surface area contributed by atoms with Crippen LogP contribution >= 0.6 is 0 Å². The van der Waals surface area contributed by atoms with Crippen LogP contribution in [0.1, 0.15) is 49.4 Å². The maximum atomic E-state index is 14.2. The molecule has 2 aromatic heterocycles. The van der Waals surface area contributed by atoms with Gasteiger partial charge in [0, 0.05) is 12.1 Å². The lowest BCUT2D eigenvalue weighted by atomic mass is 9.71. The number of hydrogen-bond donors (Lipinski definition) is 1. The molecule has 190 valence electrons. The van der Waals surface area contributed by atoms with Crippen molar-refractivity contribution in [2.24, 2.45) is 11.3 Å². The average Bonchev–Trinajstić information content (AvgIpc) is 3.48. The summed E-state index contributed by atoms with van der Waals surface area (Å²) in [6.45, 7) is 2.51. The molecule has 0 amide bonds. The Balaban J connectivity index is 1.59. The van der Waals surface area contributed by atoms with Crippen molar-refractivity contribution in [1.82, 2.24) is 19.5 Å². The van der Waals surface area contributed by atoms with Crippen LogP contribution in [0.2, 0.25) is 0 Å². The Kier molecular flexibility index (Phi) is 6.16. The highest BCUT2D eigenvalue weighted by molar-refractivity contribution is 5.80. The topological polar surface area (TPSA) is 122 Å². The molecule has 1 aromatic carbocycles. The summed E-state index contributed by atoms with van der Waals surface area (Å²) in [6, 6.07) is 7.77. The van der Waals surface area contributed by atoms with Gasteiger partial charge in [0.2, 0.25) is 5.95 Å². The average molecular weight is 506 g/mol. The van der Waals surface area contributed by atoms with Gasteiger partial charge in [0.25, 0.3) is 5.88 Å². The van der Waals surface area contributed by atoms with Crippen LogP contribution in [0.5, 0.6) is 17.6 Å². The zero-order chi connectivity index (χ0) is 26.3. The zero-order valence-corrected chi connectivity index (χ0v) is 20.6. The van der Waals surface area contributed by atoms with Crippen LogP contribution in [0.25, 0.3) is 17.2 Å². The summed E-state index contributed by atoms with van der Waals surface area (Å²) >= 11 is 0. The summed E-state index contributed by atoms with van der Waals surface area (Å²) in [5.41, 5.74) is 1.91. The predicted octanol–water partition coefficient (Wildman–Crippen LogP) is 5.67. The number of allylic oxidation sites excluding steroid dienone is 1. The molecule has 3 fully saturated rings. The van der Waals surface area contributed by atoms with Crippen molar-refractivity contribution in [3.05, 3.63) is 34.9 Å². The smallest absolute Gasteiger partial charge is 0.323 e. The monoisotopic (exact) mass is 505 g/mol. The second-order valence-electron chi connectivity index (χ2n) is 9.56. The highest BCUT2D eigenvalue weighted by Crippen LogP contribution is 2.59. The summed E-state index contributed by atoms with van der Waals surface area (Å²) in [5, 5.41) is 21.6. The number of rotatable bonds is 8. The number of nitriles is 2. The first kappa shape index (κ1) is 24.4. The van der Waals surface area contributed by atoms with Gasteiger partial charge in [-0.25, -0.2) is 4.57 Å². The van der Waals surface area contributed by atoms with Crippen LogP contribution in [0, 0.1) is 47.8 Å². The van der Waals surface area contributed by atoms with Gasteiger partial charge in [-0.15, -0.1) is 0 Å². The number of imidazole rings is 1. The van der Waals surface area contributed by atoms with E-state index in [9.17, 15) is 14.0 Å². The van der Waals surface area contributed by atoms with Crippen molar-refractivity contribution in [2.75, 3.05) is 11.9 Å². The van der Waals surface area contributed by atoms with E-state index in [0.29, 0.717) is 22.7 Å². The molecule has 6 rings (SSSR count). The number of ether oxygens (including phenoxy) is 2. The lowest BCUT2D eigenvalue weighted by Gasteiger charge is -2.31. The number of aryl methyl sites for hydroxylation is 2. The summed E-state index contributed by atoms with van der Waals surface area (Å²) < 4.78 is 40.6. The van der Waals surface area contributed by atoms with E-state index in [2.05, 4.69) is 26.3 Å². The molecule has 9 nitrogen and oxygen atoms in total. The number of benzene rings is 1. The molecule has 3 aromatic rings. The van der Waals surface area contributed by atoms with Crippen molar-refractivity contribution in [2.45, 2.75) is 52.6 Å². The van der Waals surface area contributed by atoms with Gasteiger partial charge >= 0.3 is 12.6 Å². The Labute approximate surface area is 212 Å². The Hall–Kier alpha value is -4.25. The summed E-state index contributed by atoms with van der Waals surface area (Å²) in [7, 11) is 0. The van der Waals surface area contributed by atoms with E-state index in [0.717, 1.165) is 29.5 Å². The van der Waals surface area contributed by atoms with Gasteiger partial charge in [0.05, 0.1) is 24.2 Å². The summed E-state index contributed by atoms with van der Waals surface area (Å²) in [4.78, 5) is 13.1. The maximum Gasteiger partial charge on any atom is 0.323 e. The molecule has 37 heavy (non-hydrogen) atoms. The van der Waals surface area contributed by atoms with E-state index in [1.54, 1.807) is 13.0 Å². The van der Waals surface area contributed by atoms with Crippen LogP contribution in [-0.2, 0) is 0 Å². The van der Waals surface area contributed by atoms with Gasteiger partial charge in [-0.05, 0) is 80.9 Å². The first-order valence-electron chi connectivity index (χ1n) is 12.0. The fourth-order valence-corrected chi connectivity index (χ4v) is 5.43. The number of nitrogens with one attached hydrogen (secondary N) is 1. The molecular weight excluding hydrogens is 480 g/mol. The molecule has 3 saturated carbocycles. The molecule has 2 bridgehead atoms. The van der Waals surface area contributed by atoms with Crippen molar-refractivity contribution in [1.29, 1.82) is 10.5 Å². The number of anilines is 1. The Morgan fingerprint density at radius 1 is 1.19 bits per heavy atom. The van der Waals surface area contributed by atoms with Crippen molar-refractivity contribution in [3.63, 3.8) is 0 Å². The van der Waals surface area contributed by atoms with Crippen LogP contribution in [-0.4, -0.2) is 32.2 Å². The number of aromatic nitrogens is 4. The SMILES string of the molecule is CCOc1nc2nc(NC3CC4(C#N)CC3C4)nc(Oc3c(C)cc(/C=C/C#N)cc3C)c2n1C(F)F. The summed E-state index contributed by atoms with van der Waals surface area (Å²) in [6.07, 6.45) is 5.38. The van der Waals surface area contributed by atoms with E-state index < -0.39 is 6.55 Å². The lowest BCUT2D eigenvalue weighted by Crippen LogP contribution is -2.29. The first-order valence-corrected chi connectivity index (χ1v) is 12.0. The Morgan fingerprint density at radius 2 is 1.92 bits per heavy atom. The molecule has 1 atom stereocenters. The molecule has 0 radical (unpaired) electrons. The fraction of sp³-hybridized carbons (Fsp3) is 0.423. The molecule has 11 heteroatoms. The van der Waals surface area contributed by atoms with Crippen LogP contribution in [0.4, 0.5) is 14.7 Å². The molecule has 3 aliphatic rings. The number of nitrogens with zero attached hydrogens (tertiary/aromatic N) is 6. The lowest BCUT2D eigenvalue weighted by molar-refractivity contribution is 0.0629. The van der Waals surface area contributed by atoms with E-state index in [1.165, 1.54) is 6.08 Å². The highest BCUT2D eigenvalue weighted by Gasteiger charge is 2.56. The van der Waals surface area contributed by atoms with Gasteiger partial charge in [0.1, 0.15) is 5.75 Å². The molecule has 1 unspecified atom stereocenters. The van der Waals surface area contributed by atoms with Gasteiger partial charge in [-0.3, -0.25) is 0 Å². The van der Waals surface area contributed by atoms with Crippen LogP contribution in [0.3, 0.4) is 0 Å². The van der Waals surface area contributed by atoms with E-state index in [1.807, 2.05) is 32.0 Å². The molecule has 3 aliphatic carbocycles. The van der Waals surface area contributed by atoms with Crippen molar-refractivity contribution >= 4 is 23.2 Å². The number of hydrogen-bond acceptors (Lipinski definition) is 8. The molecule has 0 saturated heterocycles.